The summed E-state index contributed by atoms with van der Waals surface area (Å²) in [5, 5.41) is 18.7. The van der Waals surface area contributed by atoms with Crippen LogP contribution in [0.1, 0.15) is 11.7 Å². The lowest BCUT2D eigenvalue weighted by Gasteiger charge is -2.17. The van der Waals surface area contributed by atoms with Crippen molar-refractivity contribution in [1.82, 2.24) is 0 Å². The van der Waals surface area contributed by atoms with Gasteiger partial charge in [-0.3, -0.25) is 0 Å². The Morgan fingerprint density at radius 1 is 1.31 bits per heavy atom. The molecule has 0 aromatic heterocycles. The van der Waals surface area contributed by atoms with Gasteiger partial charge in [-0.15, -0.1) is 0 Å². The van der Waals surface area contributed by atoms with E-state index >= 15 is 0 Å². The molecule has 4 N–H and O–H groups in total. The van der Waals surface area contributed by atoms with Crippen molar-refractivity contribution in [3.8, 4) is 5.75 Å². The smallest absolute Gasteiger partial charge is 0.190 e. The first kappa shape index (κ1) is 12.8. The molecule has 0 aliphatic heterocycles. The van der Waals surface area contributed by atoms with Gasteiger partial charge in [0.15, 0.2) is 17.4 Å². The Kier molecular flexibility index (Phi) is 4.17. The molecular formula is C10H13F2NO3. The number of aliphatic hydroxyl groups is 2. The second kappa shape index (κ2) is 5.20. The van der Waals surface area contributed by atoms with Crippen LogP contribution in [0.3, 0.4) is 0 Å². The summed E-state index contributed by atoms with van der Waals surface area (Å²) >= 11 is 0. The molecule has 1 rings (SSSR count). The van der Waals surface area contributed by atoms with E-state index in [-0.39, 0.29) is 12.1 Å². The van der Waals surface area contributed by atoms with Gasteiger partial charge in [0.05, 0.1) is 13.2 Å². The van der Waals surface area contributed by atoms with Crippen molar-refractivity contribution in [3.05, 3.63) is 29.3 Å². The van der Waals surface area contributed by atoms with Crippen LogP contribution in [0, 0.1) is 11.6 Å². The molecule has 0 spiro atoms. The van der Waals surface area contributed by atoms with Crippen molar-refractivity contribution < 1.29 is 23.7 Å². The number of aliphatic hydroxyl groups excluding tert-OH is 2. The Bertz CT molecular complexity index is 350. The van der Waals surface area contributed by atoms with Gasteiger partial charge < -0.3 is 20.7 Å². The van der Waals surface area contributed by atoms with Crippen LogP contribution in [0.4, 0.5) is 8.78 Å². The highest BCUT2D eigenvalue weighted by atomic mass is 19.1. The van der Waals surface area contributed by atoms with Gasteiger partial charge in [-0.1, -0.05) is 0 Å². The molecule has 90 valence electrons. The van der Waals surface area contributed by atoms with Gasteiger partial charge in [0.25, 0.3) is 0 Å². The van der Waals surface area contributed by atoms with Crippen LogP contribution >= 0.6 is 0 Å². The minimum Gasteiger partial charge on any atom is -0.491 e. The Morgan fingerprint density at radius 2 is 1.81 bits per heavy atom. The third-order valence-corrected chi connectivity index (χ3v) is 2.17. The quantitative estimate of drug-likeness (QED) is 0.700. The largest absolute Gasteiger partial charge is 0.491 e. The molecule has 0 saturated heterocycles. The average molecular weight is 233 g/mol. The zero-order valence-electron chi connectivity index (χ0n) is 8.65. The molecule has 0 saturated carbocycles. The van der Waals surface area contributed by atoms with E-state index in [2.05, 4.69) is 4.74 Å². The Balaban J connectivity index is 3.08. The number of methoxy groups -OCH3 is 1. The predicted molar refractivity (Wildman–Crippen MR) is 52.9 cm³/mol. The topological polar surface area (TPSA) is 75.7 Å². The van der Waals surface area contributed by atoms with E-state index in [1.54, 1.807) is 0 Å². The number of halogens is 2. The van der Waals surface area contributed by atoms with Gasteiger partial charge >= 0.3 is 0 Å². The fourth-order valence-electron chi connectivity index (χ4n) is 1.30. The lowest BCUT2D eigenvalue weighted by Crippen LogP contribution is -2.27. The number of hydrogen-bond acceptors (Lipinski definition) is 4. The van der Waals surface area contributed by atoms with E-state index in [1.165, 1.54) is 0 Å². The maximum atomic E-state index is 13.2. The average Bonchev–Trinajstić information content (AvgIpc) is 2.26. The summed E-state index contributed by atoms with van der Waals surface area (Å²) in [4.78, 5) is 0. The normalized spacial score (nSPS) is 14.6. The van der Waals surface area contributed by atoms with Crippen LogP contribution in [-0.4, -0.2) is 30.0 Å². The molecule has 0 fully saturated rings. The molecule has 0 aliphatic carbocycles. The second-order valence-corrected chi connectivity index (χ2v) is 3.27. The van der Waals surface area contributed by atoms with Gasteiger partial charge in [-0.2, -0.15) is 0 Å². The van der Waals surface area contributed by atoms with Crippen molar-refractivity contribution in [3.63, 3.8) is 0 Å². The minimum absolute atomic E-state index is 0.0891. The lowest BCUT2D eigenvalue weighted by molar-refractivity contribution is 0.0239. The highest BCUT2D eigenvalue weighted by molar-refractivity contribution is 5.32. The molecule has 1 aromatic carbocycles. The second-order valence-electron chi connectivity index (χ2n) is 3.27. The summed E-state index contributed by atoms with van der Waals surface area (Å²) in [6.45, 7) is -0.212. The van der Waals surface area contributed by atoms with Crippen molar-refractivity contribution in [1.29, 1.82) is 0 Å². The molecule has 16 heavy (non-hydrogen) atoms. The van der Waals surface area contributed by atoms with Crippen LogP contribution in [0.15, 0.2) is 12.1 Å². The molecule has 0 aliphatic rings. The number of ether oxygens (including phenoxy) is 1. The van der Waals surface area contributed by atoms with E-state index < -0.39 is 29.6 Å². The van der Waals surface area contributed by atoms with Crippen LogP contribution in [0.2, 0.25) is 0 Å². The van der Waals surface area contributed by atoms with Gasteiger partial charge in [0, 0.05) is 6.54 Å². The number of hydrogen-bond donors (Lipinski definition) is 3. The van der Waals surface area contributed by atoms with Crippen molar-refractivity contribution in [2.24, 2.45) is 5.73 Å². The highest BCUT2D eigenvalue weighted by Crippen LogP contribution is 2.26. The first-order valence-corrected chi connectivity index (χ1v) is 4.60. The van der Waals surface area contributed by atoms with E-state index in [1.807, 2.05) is 0 Å². The van der Waals surface area contributed by atoms with Gasteiger partial charge in [0.2, 0.25) is 0 Å². The van der Waals surface area contributed by atoms with E-state index in [9.17, 15) is 19.0 Å². The standard InChI is InChI=1S/C10H13F2NO3/c1-16-10-6(11)2-5(3-7(10)12)9(15)8(14)4-13/h2-3,8-9,14-15H,4,13H2,1H3. The van der Waals surface area contributed by atoms with Gasteiger partial charge in [-0.05, 0) is 17.7 Å². The highest BCUT2D eigenvalue weighted by Gasteiger charge is 2.21. The molecular weight excluding hydrogens is 220 g/mol. The predicted octanol–water partition coefficient (Wildman–Crippen LogP) is 0.326. The first-order chi connectivity index (χ1) is 7.51. The van der Waals surface area contributed by atoms with Crippen LogP contribution in [0.25, 0.3) is 0 Å². The summed E-state index contributed by atoms with van der Waals surface area (Å²) in [7, 11) is 1.13. The van der Waals surface area contributed by atoms with Crippen LogP contribution < -0.4 is 10.5 Å². The zero-order valence-corrected chi connectivity index (χ0v) is 8.65. The molecule has 2 atom stereocenters. The fraction of sp³-hybridized carbons (Fsp3) is 0.400. The molecule has 0 amide bonds. The van der Waals surface area contributed by atoms with E-state index in [0.717, 1.165) is 19.2 Å². The summed E-state index contributed by atoms with van der Waals surface area (Å²) < 4.78 is 31.0. The Labute approximate surface area is 91.3 Å². The third kappa shape index (κ3) is 2.46. The fourth-order valence-corrected chi connectivity index (χ4v) is 1.30. The number of nitrogens with two attached hydrogens (primary N) is 1. The Hall–Kier alpha value is -1.24. The summed E-state index contributed by atoms with van der Waals surface area (Å²) in [5.74, 6) is -2.42. The van der Waals surface area contributed by atoms with Crippen molar-refractivity contribution in [2.45, 2.75) is 12.2 Å². The molecule has 1 aromatic rings. The summed E-state index contributed by atoms with van der Waals surface area (Å²) in [6.07, 6.45) is -2.70. The molecule has 4 nitrogen and oxygen atoms in total. The summed E-state index contributed by atoms with van der Waals surface area (Å²) in [6, 6.07) is 1.79. The molecule has 0 radical (unpaired) electrons. The Morgan fingerprint density at radius 3 is 2.19 bits per heavy atom. The van der Waals surface area contributed by atoms with Crippen LogP contribution in [0.5, 0.6) is 5.75 Å². The van der Waals surface area contributed by atoms with Gasteiger partial charge in [0.1, 0.15) is 6.10 Å². The van der Waals surface area contributed by atoms with Crippen molar-refractivity contribution >= 4 is 0 Å². The van der Waals surface area contributed by atoms with Crippen molar-refractivity contribution in [2.75, 3.05) is 13.7 Å². The molecule has 0 bridgehead atoms. The van der Waals surface area contributed by atoms with Gasteiger partial charge in [-0.25, -0.2) is 8.78 Å². The maximum absolute atomic E-state index is 13.2. The third-order valence-electron chi connectivity index (χ3n) is 2.17. The molecule has 0 heterocycles. The first-order valence-electron chi connectivity index (χ1n) is 4.60. The minimum atomic E-state index is -1.43. The summed E-state index contributed by atoms with van der Waals surface area (Å²) in [5.41, 5.74) is 5.03. The number of rotatable bonds is 4. The van der Waals surface area contributed by atoms with E-state index in [4.69, 9.17) is 5.73 Å². The van der Waals surface area contributed by atoms with Crippen LogP contribution in [-0.2, 0) is 0 Å². The van der Waals surface area contributed by atoms with E-state index in [0.29, 0.717) is 0 Å². The monoisotopic (exact) mass is 233 g/mol. The SMILES string of the molecule is COc1c(F)cc(C(O)C(O)CN)cc1F. The maximum Gasteiger partial charge on any atom is 0.190 e. The lowest BCUT2D eigenvalue weighted by atomic mass is 10.0. The molecule has 6 heteroatoms. The molecule has 2 unspecified atom stereocenters. The zero-order chi connectivity index (χ0) is 12.3. The number of benzene rings is 1.